The molecule has 1 saturated carbocycles. The van der Waals surface area contributed by atoms with Crippen molar-refractivity contribution in [3.05, 3.63) is 0 Å². The molecular weight excluding hydrogens is 398 g/mol. The first-order chi connectivity index (χ1) is 15.3. The number of hydrogen-bond acceptors (Lipinski definition) is 3. The molecule has 0 saturated heterocycles. The average Bonchev–Trinajstić information content (AvgIpc) is 2.80. The van der Waals surface area contributed by atoms with Crippen LogP contribution >= 0.6 is 0 Å². The molecule has 0 heterocycles. The van der Waals surface area contributed by atoms with Gasteiger partial charge in [0.25, 0.3) is 0 Å². The quantitative estimate of drug-likeness (QED) is 0.286. The summed E-state index contributed by atoms with van der Waals surface area (Å²) >= 11 is 0. The molecule has 4 heteroatoms. The van der Waals surface area contributed by atoms with E-state index < -0.39 is 5.60 Å². The van der Waals surface area contributed by atoms with Crippen LogP contribution in [0.3, 0.4) is 0 Å². The molecule has 0 aliphatic heterocycles. The summed E-state index contributed by atoms with van der Waals surface area (Å²) in [6, 6.07) is 0. The molecule has 1 N–H and O–H groups in total. The summed E-state index contributed by atoms with van der Waals surface area (Å²) in [5.74, 6) is 3.67. The maximum Gasteiger partial charge on any atom is 0.407 e. The molecule has 0 aromatic carbocycles. The molecule has 1 aliphatic rings. The maximum absolute atomic E-state index is 11.6. The lowest BCUT2D eigenvalue weighted by Crippen LogP contribution is -2.32. The molecule has 32 heavy (non-hydrogen) atoms. The van der Waals surface area contributed by atoms with E-state index in [2.05, 4.69) is 26.1 Å². The first kappa shape index (κ1) is 29.3. The maximum atomic E-state index is 11.6. The Morgan fingerprint density at radius 2 is 1.50 bits per heavy atom. The van der Waals surface area contributed by atoms with Crippen LogP contribution in [0.5, 0.6) is 0 Å². The normalized spacial score (nSPS) is 24.9. The SMILES string of the molecule is CCC1CCCC(CC)C(CCCOCCCCCCNC(=O)OC(C)(C)C)CCC1C. The molecule has 1 amide bonds. The van der Waals surface area contributed by atoms with Crippen molar-refractivity contribution >= 4 is 6.09 Å². The summed E-state index contributed by atoms with van der Waals surface area (Å²) in [7, 11) is 0. The number of carbonyl (C=O) groups is 1. The standard InChI is InChI=1S/C28H55NO3/c1-7-24-15-13-16-25(8-2)26(19-18-23(24)3)17-14-22-31-21-12-10-9-11-20-29-27(30)32-28(4,5)6/h23-26H,7-22H2,1-6H3,(H,29,30). The fraction of sp³-hybridized carbons (Fsp3) is 0.964. The monoisotopic (exact) mass is 453 g/mol. The van der Waals surface area contributed by atoms with Crippen molar-refractivity contribution in [3.8, 4) is 0 Å². The van der Waals surface area contributed by atoms with E-state index in [0.29, 0.717) is 6.54 Å². The van der Waals surface area contributed by atoms with Crippen LogP contribution in [0.4, 0.5) is 4.79 Å². The van der Waals surface area contributed by atoms with Crippen molar-refractivity contribution in [2.45, 2.75) is 131 Å². The van der Waals surface area contributed by atoms with Crippen molar-refractivity contribution in [2.24, 2.45) is 23.7 Å². The van der Waals surface area contributed by atoms with Crippen molar-refractivity contribution < 1.29 is 14.3 Å². The highest BCUT2D eigenvalue weighted by Crippen LogP contribution is 2.37. The third-order valence-electron chi connectivity index (χ3n) is 7.41. The zero-order valence-corrected chi connectivity index (χ0v) is 22.3. The molecule has 4 nitrogen and oxygen atoms in total. The Morgan fingerprint density at radius 1 is 0.844 bits per heavy atom. The lowest BCUT2D eigenvalue weighted by Gasteiger charge is -2.26. The van der Waals surface area contributed by atoms with Gasteiger partial charge < -0.3 is 14.8 Å². The molecule has 4 unspecified atom stereocenters. The van der Waals surface area contributed by atoms with Gasteiger partial charge >= 0.3 is 6.09 Å². The van der Waals surface area contributed by atoms with E-state index in [1.807, 2.05) is 20.8 Å². The lowest BCUT2D eigenvalue weighted by molar-refractivity contribution is 0.0526. The van der Waals surface area contributed by atoms with Crippen LogP contribution in [0, 0.1) is 23.7 Å². The van der Waals surface area contributed by atoms with Crippen LogP contribution in [-0.4, -0.2) is 31.5 Å². The van der Waals surface area contributed by atoms with Crippen molar-refractivity contribution in [3.63, 3.8) is 0 Å². The summed E-state index contributed by atoms with van der Waals surface area (Å²) in [4.78, 5) is 11.6. The molecule has 1 rings (SSSR count). The lowest BCUT2D eigenvalue weighted by atomic mass is 9.80. The van der Waals surface area contributed by atoms with Crippen molar-refractivity contribution in [2.75, 3.05) is 19.8 Å². The first-order valence-electron chi connectivity index (χ1n) is 13.8. The van der Waals surface area contributed by atoms with Gasteiger partial charge in [-0.1, -0.05) is 72.1 Å². The Bertz CT molecular complexity index is 474. The molecule has 0 spiro atoms. The molecule has 0 aromatic heterocycles. The van der Waals surface area contributed by atoms with E-state index >= 15 is 0 Å². The molecule has 0 aromatic rings. The Labute approximate surface area is 200 Å². The van der Waals surface area contributed by atoms with Gasteiger partial charge in [0.15, 0.2) is 0 Å². The zero-order valence-electron chi connectivity index (χ0n) is 22.3. The van der Waals surface area contributed by atoms with Crippen molar-refractivity contribution in [1.29, 1.82) is 0 Å². The van der Waals surface area contributed by atoms with Gasteiger partial charge in [0.1, 0.15) is 5.60 Å². The summed E-state index contributed by atoms with van der Waals surface area (Å²) in [5, 5.41) is 2.83. The van der Waals surface area contributed by atoms with Gasteiger partial charge in [0.05, 0.1) is 0 Å². The summed E-state index contributed by atoms with van der Waals surface area (Å²) in [6.45, 7) is 15.4. The van der Waals surface area contributed by atoms with Crippen LogP contribution in [0.1, 0.15) is 125 Å². The second-order valence-corrected chi connectivity index (χ2v) is 11.2. The summed E-state index contributed by atoms with van der Waals surface area (Å²) in [5.41, 5.74) is -0.426. The van der Waals surface area contributed by atoms with Crippen molar-refractivity contribution in [1.82, 2.24) is 5.32 Å². The molecule has 0 radical (unpaired) electrons. The van der Waals surface area contributed by atoms with E-state index in [4.69, 9.17) is 9.47 Å². The first-order valence-corrected chi connectivity index (χ1v) is 13.8. The zero-order chi connectivity index (χ0) is 23.8. The minimum atomic E-state index is -0.426. The van der Waals surface area contributed by atoms with Crippen LogP contribution < -0.4 is 5.32 Å². The molecular formula is C28H55NO3. The number of carbonyl (C=O) groups excluding carboxylic acids is 1. The van der Waals surface area contributed by atoms with Gasteiger partial charge in [0, 0.05) is 19.8 Å². The number of unbranched alkanes of at least 4 members (excludes halogenated alkanes) is 3. The average molecular weight is 454 g/mol. The number of amides is 1. The second-order valence-electron chi connectivity index (χ2n) is 11.2. The van der Waals surface area contributed by atoms with E-state index in [0.717, 1.165) is 62.6 Å². The largest absolute Gasteiger partial charge is 0.444 e. The van der Waals surface area contributed by atoms with E-state index in [1.54, 1.807) is 0 Å². The molecule has 0 bridgehead atoms. The second kappa shape index (κ2) is 16.8. The number of hydrogen-bond donors (Lipinski definition) is 1. The van der Waals surface area contributed by atoms with E-state index in [9.17, 15) is 4.79 Å². The summed E-state index contributed by atoms with van der Waals surface area (Å²) in [6.07, 6.45) is 16.5. The highest BCUT2D eigenvalue weighted by atomic mass is 16.6. The molecule has 4 atom stereocenters. The Morgan fingerprint density at radius 3 is 2.19 bits per heavy atom. The van der Waals surface area contributed by atoms with Crippen LogP contribution in [0.25, 0.3) is 0 Å². The van der Waals surface area contributed by atoms with Gasteiger partial charge in [-0.15, -0.1) is 0 Å². The molecule has 190 valence electrons. The minimum absolute atomic E-state index is 0.314. The fourth-order valence-electron chi connectivity index (χ4n) is 5.37. The smallest absolute Gasteiger partial charge is 0.407 e. The van der Waals surface area contributed by atoms with Gasteiger partial charge in [-0.3, -0.25) is 0 Å². The topological polar surface area (TPSA) is 47.6 Å². The van der Waals surface area contributed by atoms with Gasteiger partial charge in [-0.25, -0.2) is 4.79 Å². The number of nitrogens with one attached hydrogen (secondary N) is 1. The third-order valence-corrected chi connectivity index (χ3v) is 7.41. The number of ether oxygens (including phenoxy) is 2. The highest BCUT2D eigenvalue weighted by Gasteiger charge is 2.25. The van der Waals surface area contributed by atoms with E-state index in [1.165, 1.54) is 57.8 Å². The third kappa shape index (κ3) is 13.7. The van der Waals surface area contributed by atoms with Crippen LogP contribution in [0.15, 0.2) is 0 Å². The highest BCUT2D eigenvalue weighted by molar-refractivity contribution is 5.67. The van der Waals surface area contributed by atoms with Crippen LogP contribution in [-0.2, 0) is 9.47 Å². The summed E-state index contributed by atoms with van der Waals surface area (Å²) < 4.78 is 11.2. The van der Waals surface area contributed by atoms with E-state index in [-0.39, 0.29) is 6.09 Å². The minimum Gasteiger partial charge on any atom is -0.444 e. The van der Waals surface area contributed by atoms with Gasteiger partial charge in [-0.05, 0) is 76.5 Å². The Kier molecular flexibility index (Phi) is 15.3. The fourth-order valence-corrected chi connectivity index (χ4v) is 5.37. The Balaban J connectivity index is 2.08. The number of rotatable bonds is 13. The Hall–Kier alpha value is -0.770. The number of alkyl carbamates (subject to hydrolysis) is 1. The predicted molar refractivity (Wildman–Crippen MR) is 136 cm³/mol. The molecule has 1 aliphatic carbocycles. The van der Waals surface area contributed by atoms with Gasteiger partial charge in [0.2, 0.25) is 0 Å². The van der Waals surface area contributed by atoms with Crippen LogP contribution in [0.2, 0.25) is 0 Å². The van der Waals surface area contributed by atoms with Gasteiger partial charge in [-0.2, -0.15) is 0 Å². The predicted octanol–water partition coefficient (Wildman–Crippen LogP) is 8.14. The molecule has 1 fully saturated rings.